The first-order valence-electron chi connectivity index (χ1n) is 6.38. The number of nitrogens with one attached hydrogen (secondary N) is 1. The summed E-state index contributed by atoms with van der Waals surface area (Å²) < 4.78 is 0. The van der Waals surface area contributed by atoms with E-state index in [9.17, 15) is 0 Å². The van der Waals surface area contributed by atoms with Gasteiger partial charge in [-0.15, -0.1) is 0 Å². The molecule has 0 heterocycles. The van der Waals surface area contributed by atoms with E-state index in [2.05, 4.69) is 38.2 Å². The zero-order valence-corrected chi connectivity index (χ0v) is 11.0. The Morgan fingerprint density at radius 3 is 2.67 bits per heavy atom. The molecule has 1 aliphatic rings. The Kier molecular flexibility index (Phi) is 5.07. The zero-order valence-electron chi connectivity index (χ0n) is 11.0. The Morgan fingerprint density at radius 2 is 2.07 bits per heavy atom. The molecule has 0 aromatic rings. The quantitative estimate of drug-likeness (QED) is 0.704. The first-order chi connectivity index (χ1) is 6.99. The largest absolute Gasteiger partial charge is 0.314 e. The van der Waals surface area contributed by atoms with Gasteiger partial charge in [0.2, 0.25) is 0 Å². The monoisotopic (exact) mass is 212 g/mol. The number of hydrogen-bond acceptors (Lipinski definition) is 2. The molecule has 0 unspecified atom stereocenters. The van der Waals surface area contributed by atoms with Crippen molar-refractivity contribution in [3.63, 3.8) is 0 Å². The van der Waals surface area contributed by atoms with E-state index in [0.717, 1.165) is 6.04 Å². The van der Waals surface area contributed by atoms with Crippen LogP contribution in [0.5, 0.6) is 0 Å². The smallest absolute Gasteiger partial charge is 0.00721 e. The highest BCUT2D eigenvalue weighted by molar-refractivity contribution is 4.83. The summed E-state index contributed by atoms with van der Waals surface area (Å²) in [4.78, 5) is 2.26. The van der Waals surface area contributed by atoms with Crippen LogP contribution in [0.1, 0.15) is 46.0 Å². The first kappa shape index (κ1) is 13.0. The van der Waals surface area contributed by atoms with Crippen LogP contribution in [0.4, 0.5) is 0 Å². The Hall–Kier alpha value is -0.0800. The topological polar surface area (TPSA) is 15.3 Å². The molecule has 1 saturated carbocycles. The van der Waals surface area contributed by atoms with E-state index in [1.54, 1.807) is 0 Å². The Bertz CT molecular complexity index is 175. The van der Waals surface area contributed by atoms with Crippen molar-refractivity contribution in [2.24, 2.45) is 5.41 Å². The van der Waals surface area contributed by atoms with Gasteiger partial charge in [0, 0.05) is 6.04 Å². The van der Waals surface area contributed by atoms with Crippen molar-refractivity contribution in [3.8, 4) is 0 Å². The highest BCUT2D eigenvalue weighted by Gasteiger charge is 2.27. The van der Waals surface area contributed by atoms with Gasteiger partial charge in [0.05, 0.1) is 0 Å². The first-order valence-corrected chi connectivity index (χ1v) is 6.38. The van der Waals surface area contributed by atoms with Crippen molar-refractivity contribution >= 4 is 0 Å². The summed E-state index contributed by atoms with van der Waals surface area (Å²) in [5.74, 6) is 0. The van der Waals surface area contributed by atoms with E-state index in [1.165, 1.54) is 45.2 Å². The lowest BCUT2D eigenvalue weighted by Gasteiger charge is -2.35. The lowest BCUT2D eigenvalue weighted by Crippen LogP contribution is -2.38. The van der Waals surface area contributed by atoms with Crippen molar-refractivity contribution in [1.82, 2.24) is 10.2 Å². The van der Waals surface area contributed by atoms with E-state index in [4.69, 9.17) is 0 Å². The summed E-state index contributed by atoms with van der Waals surface area (Å²) in [5.41, 5.74) is 0.567. The molecule has 2 heteroatoms. The minimum Gasteiger partial charge on any atom is -0.314 e. The summed E-state index contributed by atoms with van der Waals surface area (Å²) in [6.45, 7) is 7.18. The predicted octanol–water partition coefficient (Wildman–Crippen LogP) is 2.50. The molecule has 0 aromatic carbocycles. The summed E-state index contributed by atoms with van der Waals surface area (Å²) in [6, 6.07) is 0.774. The van der Waals surface area contributed by atoms with Gasteiger partial charge in [-0.3, -0.25) is 0 Å². The van der Waals surface area contributed by atoms with Gasteiger partial charge in [0.15, 0.2) is 0 Å². The van der Waals surface area contributed by atoms with Crippen LogP contribution in [0, 0.1) is 5.41 Å². The molecule has 2 nitrogen and oxygen atoms in total. The average Bonchev–Trinajstić information content (AvgIpc) is 2.10. The second-order valence-electron chi connectivity index (χ2n) is 6.07. The second-order valence-corrected chi connectivity index (χ2v) is 6.07. The summed E-state index contributed by atoms with van der Waals surface area (Å²) in [5, 5.41) is 3.71. The molecule has 15 heavy (non-hydrogen) atoms. The standard InChI is InChI=1S/C13H28N2/c1-13(2)8-5-7-12(11-13)14-9-6-10-15(3)4/h12,14H,5-11H2,1-4H3/t12-/m1/s1. The average molecular weight is 212 g/mol. The minimum atomic E-state index is 0.567. The second kappa shape index (κ2) is 5.86. The maximum atomic E-state index is 3.71. The molecule has 1 aliphatic carbocycles. The van der Waals surface area contributed by atoms with Crippen LogP contribution >= 0.6 is 0 Å². The van der Waals surface area contributed by atoms with Crippen molar-refractivity contribution in [1.29, 1.82) is 0 Å². The Morgan fingerprint density at radius 1 is 1.33 bits per heavy atom. The number of nitrogens with zero attached hydrogens (tertiary/aromatic N) is 1. The van der Waals surface area contributed by atoms with E-state index < -0.39 is 0 Å². The lowest BCUT2D eigenvalue weighted by molar-refractivity contribution is 0.197. The molecule has 1 atom stereocenters. The maximum absolute atomic E-state index is 3.71. The molecule has 0 amide bonds. The Labute approximate surface area is 95.4 Å². The van der Waals surface area contributed by atoms with Crippen molar-refractivity contribution in [2.75, 3.05) is 27.2 Å². The molecule has 1 N–H and O–H groups in total. The summed E-state index contributed by atoms with van der Waals surface area (Å²) in [6.07, 6.45) is 6.81. The molecule has 0 bridgehead atoms. The molecule has 0 aromatic heterocycles. The number of rotatable bonds is 5. The van der Waals surface area contributed by atoms with Crippen LogP contribution in [0.15, 0.2) is 0 Å². The predicted molar refractivity (Wildman–Crippen MR) is 67.2 cm³/mol. The van der Waals surface area contributed by atoms with Crippen LogP contribution in [-0.4, -0.2) is 38.1 Å². The van der Waals surface area contributed by atoms with Gasteiger partial charge in [-0.2, -0.15) is 0 Å². The van der Waals surface area contributed by atoms with Crippen LogP contribution in [0.3, 0.4) is 0 Å². The molecule has 0 spiro atoms. The third-order valence-electron chi connectivity index (χ3n) is 3.42. The SMILES string of the molecule is CN(C)CCCN[C@@H]1CCCC(C)(C)C1. The third kappa shape index (κ3) is 5.53. The van der Waals surface area contributed by atoms with Gasteiger partial charge in [0.1, 0.15) is 0 Å². The van der Waals surface area contributed by atoms with Crippen molar-refractivity contribution in [3.05, 3.63) is 0 Å². The third-order valence-corrected chi connectivity index (χ3v) is 3.42. The maximum Gasteiger partial charge on any atom is 0.00721 e. The fourth-order valence-corrected chi connectivity index (χ4v) is 2.57. The summed E-state index contributed by atoms with van der Waals surface area (Å²) >= 11 is 0. The van der Waals surface area contributed by atoms with E-state index in [-0.39, 0.29) is 0 Å². The fraction of sp³-hybridized carbons (Fsp3) is 1.00. The molecule has 90 valence electrons. The van der Waals surface area contributed by atoms with E-state index in [0.29, 0.717) is 5.41 Å². The van der Waals surface area contributed by atoms with Gasteiger partial charge in [0.25, 0.3) is 0 Å². The molecular weight excluding hydrogens is 184 g/mol. The summed E-state index contributed by atoms with van der Waals surface area (Å²) in [7, 11) is 4.29. The molecular formula is C13H28N2. The van der Waals surface area contributed by atoms with Gasteiger partial charge in [-0.1, -0.05) is 20.3 Å². The van der Waals surface area contributed by atoms with Gasteiger partial charge < -0.3 is 10.2 Å². The highest BCUT2D eigenvalue weighted by atomic mass is 15.1. The van der Waals surface area contributed by atoms with Crippen LogP contribution in [-0.2, 0) is 0 Å². The normalized spacial score (nSPS) is 25.8. The molecule has 0 saturated heterocycles. The van der Waals surface area contributed by atoms with Crippen LogP contribution in [0.2, 0.25) is 0 Å². The minimum absolute atomic E-state index is 0.567. The molecule has 0 aliphatic heterocycles. The lowest BCUT2D eigenvalue weighted by atomic mass is 9.75. The van der Waals surface area contributed by atoms with E-state index >= 15 is 0 Å². The highest BCUT2D eigenvalue weighted by Crippen LogP contribution is 2.34. The Balaban J connectivity index is 2.11. The van der Waals surface area contributed by atoms with Crippen LogP contribution in [0.25, 0.3) is 0 Å². The van der Waals surface area contributed by atoms with Gasteiger partial charge in [-0.05, 0) is 58.3 Å². The number of hydrogen-bond donors (Lipinski definition) is 1. The zero-order chi connectivity index (χ0) is 11.3. The van der Waals surface area contributed by atoms with Gasteiger partial charge >= 0.3 is 0 Å². The van der Waals surface area contributed by atoms with E-state index in [1.807, 2.05) is 0 Å². The van der Waals surface area contributed by atoms with Crippen molar-refractivity contribution in [2.45, 2.75) is 52.0 Å². The van der Waals surface area contributed by atoms with Crippen molar-refractivity contribution < 1.29 is 0 Å². The molecule has 0 radical (unpaired) electrons. The van der Waals surface area contributed by atoms with Gasteiger partial charge in [-0.25, -0.2) is 0 Å². The molecule has 1 fully saturated rings. The molecule has 1 rings (SSSR count). The fourth-order valence-electron chi connectivity index (χ4n) is 2.57. The van der Waals surface area contributed by atoms with Crippen LogP contribution < -0.4 is 5.32 Å².